The van der Waals surface area contributed by atoms with Crippen molar-refractivity contribution in [2.24, 2.45) is 0 Å². The van der Waals surface area contributed by atoms with Crippen molar-refractivity contribution in [3.8, 4) is 11.1 Å². The third-order valence-electron chi connectivity index (χ3n) is 4.90. The molecule has 2 fully saturated rings. The topological polar surface area (TPSA) is 89.0 Å². The summed E-state index contributed by atoms with van der Waals surface area (Å²) in [5.74, 6) is 0.571. The lowest BCUT2D eigenvalue weighted by atomic mass is 10.1. The monoisotopic (exact) mass is 355 g/mol. The highest BCUT2D eigenvalue weighted by Crippen LogP contribution is 2.33. The van der Waals surface area contributed by atoms with Gasteiger partial charge >= 0.3 is 0 Å². The van der Waals surface area contributed by atoms with E-state index in [9.17, 15) is 0 Å². The van der Waals surface area contributed by atoms with E-state index < -0.39 is 0 Å². The fourth-order valence-corrected chi connectivity index (χ4v) is 4.07. The lowest BCUT2D eigenvalue weighted by Gasteiger charge is -2.17. The Morgan fingerprint density at radius 1 is 0.960 bits per heavy atom. The van der Waals surface area contributed by atoms with Crippen LogP contribution in [0.25, 0.3) is 11.1 Å². The second kappa shape index (κ2) is 7.14. The molecule has 0 amide bonds. The van der Waals surface area contributed by atoms with Crippen molar-refractivity contribution >= 4 is 29.1 Å². The molecule has 1 aromatic carbocycles. The molecule has 132 valence electrons. The predicted octanol–water partition coefficient (Wildman–Crippen LogP) is 4.03. The van der Waals surface area contributed by atoms with Gasteiger partial charge in [-0.25, -0.2) is 4.98 Å². The van der Waals surface area contributed by atoms with E-state index >= 15 is 0 Å². The van der Waals surface area contributed by atoms with Crippen LogP contribution in [-0.2, 0) is 0 Å². The standard InChI is InChI=1S/C19H25N5S/c20-16-8-5-12(9-17(16)23-14-3-1-2-4-14)13-10-18(19(21)22-11-13)25-24-15-6-7-15/h5,8-11,14-15,23-24H,1-4,6-7,20H2,(H2,21,22). The molecule has 0 unspecified atom stereocenters. The molecule has 6 heteroatoms. The highest BCUT2D eigenvalue weighted by atomic mass is 32.2. The molecule has 0 spiro atoms. The summed E-state index contributed by atoms with van der Waals surface area (Å²) >= 11 is 1.58. The molecule has 0 bridgehead atoms. The molecule has 4 rings (SSSR count). The number of benzene rings is 1. The van der Waals surface area contributed by atoms with Crippen molar-refractivity contribution < 1.29 is 0 Å². The molecular weight excluding hydrogens is 330 g/mol. The minimum Gasteiger partial charge on any atom is -0.397 e. The van der Waals surface area contributed by atoms with Crippen molar-refractivity contribution in [1.82, 2.24) is 9.71 Å². The molecular formula is C19H25N5S. The average Bonchev–Trinajstić information content (AvgIpc) is 3.31. The Morgan fingerprint density at radius 2 is 1.76 bits per heavy atom. The average molecular weight is 356 g/mol. The molecule has 0 saturated heterocycles. The Balaban J connectivity index is 1.56. The number of nitrogens with zero attached hydrogens (tertiary/aromatic N) is 1. The Hall–Kier alpha value is -1.92. The van der Waals surface area contributed by atoms with Crippen molar-refractivity contribution in [2.45, 2.75) is 55.5 Å². The highest BCUT2D eigenvalue weighted by Gasteiger charge is 2.21. The fourth-order valence-electron chi connectivity index (χ4n) is 3.19. The van der Waals surface area contributed by atoms with Crippen LogP contribution >= 0.6 is 11.9 Å². The van der Waals surface area contributed by atoms with Crippen molar-refractivity contribution in [3.05, 3.63) is 30.5 Å². The maximum atomic E-state index is 6.18. The number of nitrogens with one attached hydrogen (secondary N) is 2. The van der Waals surface area contributed by atoms with Crippen LogP contribution in [-0.4, -0.2) is 17.1 Å². The summed E-state index contributed by atoms with van der Waals surface area (Å²) in [5.41, 5.74) is 16.2. The SMILES string of the molecule is Nc1ccc(-c2cnc(N)c(SNC3CC3)c2)cc1NC1CCCC1. The number of pyridine rings is 1. The van der Waals surface area contributed by atoms with E-state index in [4.69, 9.17) is 11.5 Å². The Kier molecular flexibility index (Phi) is 4.72. The zero-order valence-electron chi connectivity index (χ0n) is 14.3. The molecule has 6 N–H and O–H groups in total. The van der Waals surface area contributed by atoms with Crippen LogP contribution in [0.1, 0.15) is 38.5 Å². The lowest BCUT2D eigenvalue weighted by molar-refractivity contribution is 0.756. The number of rotatable bonds is 6. The molecule has 2 aliphatic rings. The van der Waals surface area contributed by atoms with Crippen LogP contribution in [0.4, 0.5) is 17.2 Å². The molecule has 0 aliphatic heterocycles. The number of nitrogens with two attached hydrogens (primary N) is 2. The van der Waals surface area contributed by atoms with Gasteiger partial charge in [0.05, 0.1) is 16.3 Å². The molecule has 2 aromatic rings. The van der Waals surface area contributed by atoms with E-state index in [2.05, 4.69) is 27.2 Å². The van der Waals surface area contributed by atoms with Crippen molar-refractivity contribution in [1.29, 1.82) is 0 Å². The first kappa shape index (κ1) is 16.5. The van der Waals surface area contributed by atoms with Gasteiger partial charge < -0.3 is 16.8 Å². The third kappa shape index (κ3) is 4.02. The van der Waals surface area contributed by atoms with Crippen molar-refractivity contribution in [3.63, 3.8) is 0 Å². The normalized spacial score (nSPS) is 17.8. The summed E-state index contributed by atoms with van der Waals surface area (Å²) < 4.78 is 3.43. The Bertz CT molecular complexity index is 753. The van der Waals surface area contributed by atoms with Gasteiger partial charge in [0, 0.05) is 23.8 Å². The van der Waals surface area contributed by atoms with Gasteiger partial charge in [0.2, 0.25) is 0 Å². The first-order valence-electron chi connectivity index (χ1n) is 9.03. The number of aromatic nitrogens is 1. The van der Waals surface area contributed by atoms with E-state index in [0.717, 1.165) is 27.4 Å². The Labute approximate surface area is 153 Å². The maximum absolute atomic E-state index is 6.18. The summed E-state index contributed by atoms with van der Waals surface area (Å²) in [7, 11) is 0. The van der Waals surface area contributed by atoms with Gasteiger partial charge in [0.15, 0.2) is 0 Å². The predicted molar refractivity (Wildman–Crippen MR) is 106 cm³/mol. The molecule has 2 aliphatic carbocycles. The van der Waals surface area contributed by atoms with Gasteiger partial charge in [-0.1, -0.05) is 18.9 Å². The second-order valence-electron chi connectivity index (χ2n) is 7.03. The third-order valence-corrected chi connectivity index (χ3v) is 5.89. The summed E-state index contributed by atoms with van der Waals surface area (Å²) in [6.07, 6.45) is 9.37. The summed E-state index contributed by atoms with van der Waals surface area (Å²) in [5, 5.41) is 3.61. The quantitative estimate of drug-likeness (QED) is 0.462. The smallest absolute Gasteiger partial charge is 0.138 e. The molecule has 0 atom stereocenters. The van der Waals surface area contributed by atoms with Gasteiger partial charge in [-0.2, -0.15) is 0 Å². The maximum Gasteiger partial charge on any atom is 0.138 e. The highest BCUT2D eigenvalue weighted by molar-refractivity contribution is 7.97. The van der Waals surface area contributed by atoms with Crippen LogP contribution in [0.5, 0.6) is 0 Å². The van der Waals surface area contributed by atoms with Gasteiger partial charge in [-0.15, -0.1) is 0 Å². The minimum absolute atomic E-state index is 0.538. The summed E-state index contributed by atoms with van der Waals surface area (Å²) in [6.45, 7) is 0. The van der Waals surface area contributed by atoms with Gasteiger partial charge in [0.1, 0.15) is 5.82 Å². The van der Waals surface area contributed by atoms with Crippen LogP contribution in [0.15, 0.2) is 35.4 Å². The number of hydrogen-bond donors (Lipinski definition) is 4. The largest absolute Gasteiger partial charge is 0.397 e. The minimum atomic E-state index is 0.538. The molecule has 2 saturated carbocycles. The number of hydrogen-bond acceptors (Lipinski definition) is 6. The van der Waals surface area contributed by atoms with E-state index in [-0.39, 0.29) is 0 Å². The van der Waals surface area contributed by atoms with Crippen LogP contribution in [0.2, 0.25) is 0 Å². The van der Waals surface area contributed by atoms with Gasteiger partial charge in [-0.05, 0) is 61.4 Å². The van der Waals surface area contributed by atoms with Crippen LogP contribution in [0.3, 0.4) is 0 Å². The zero-order valence-corrected chi connectivity index (χ0v) is 15.1. The fraction of sp³-hybridized carbons (Fsp3) is 0.421. The summed E-state index contributed by atoms with van der Waals surface area (Å²) in [4.78, 5) is 5.35. The molecule has 0 radical (unpaired) electrons. The molecule has 1 heterocycles. The van der Waals surface area contributed by atoms with Crippen LogP contribution < -0.4 is 21.5 Å². The number of anilines is 3. The van der Waals surface area contributed by atoms with E-state index in [1.54, 1.807) is 11.9 Å². The van der Waals surface area contributed by atoms with Gasteiger partial charge in [0.25, 0.3) is 0 Å². The van der Waals surface area contributed by atoms with E-state index in [1.165, 1.54) is 38.5 Å². The Morgan fingerprint density at radius 3 is 2.52 bits per heavy atom. The molecule has 5 nitrogen and oxygen atoms in total. The molecule has 25 heavy (non-hydrogen) atoms. The first-order valence-corrected chi connectivity index (χ1v) is 9.85. The van der Waals surface area contributed by atoms with Gasteiger partial charge in [-0.3, -0.25) is 4.72 Å². The van der Waals surface area contributed by atoms with Crippen LogP contribution in [0, 0.1) is 0 Å². The van der Waals surface area contributed by atoms with Crippen molar-refractivity contribution in [2.75, 3.05) is 16.8 Å². The molecule has 1 aromatic heterocycles. The lowest BCUT2D eigenvalue weighted by Crippen LogP contribution is -2.15. The second-order valence-corrected chi connectivity index (χ2v) is 7.91. The van der Waals surface area contributed by atoms with E-state index in [1.807, 2.05) is 18.3 Å². The number of nitrogen functional groups attached to an aromatic ring is 2. The van der Waals surface area contributed by atoms with E-state index in [0.29, 0.717) is 17.9 Å². The summed E-state index contributed by atoms with van der Waals surface area (Å²) in [6, 6.07) is 9.41. The zero-order chi connectivity index (χ0) is 17.2. The first-order chi connectivity index (χ1) is 12.2.